The van der Waals surface area contributed by atoms with Gasteiger partial charge in [0.25, 0.3) is 5.95 Å². The van der Waals surface area contributed by atoms with Crippen molar-refractivity contribution in [1.29, 1.82) is 0 Å². The number of aromatic nitrogens is 3. The van der Waals surface area contributed by atoms with Gasteiger partial charge in [0, 0.05) is 18.2 Å². The number of carbonyl (C=O) groups excluding carboxylic acids is 1. The van der Waals surface area contributed by atoms with E-state index in [1.165, 1.54) is 17.3 Å². The molecule has 1 amide bonds. The smallest absolute Gasteiger partial charge is 0.252 e. The molecule has 1 aliphatic rings. The van der Waals surface area contributed by atoms with Crippen LogP contribution in [0, 0.1) is 0 Å². The van der Waals surface area contributed by atoms with E-state index >= 15 is 0 Å². The first-order chi connectivity index (χ1) is 6.27. The monoisotopic (exact) mass is 196 g/mol. The minimum Gasteiger partial charge on any atom is -0.278 e. The summed E-state index contributed by atoms with van der Waals surface area (Å²) in [5, 5.41) is 7.49. The van der Waals surface area contributed by atoms with E-state index in [9.17, 15) is 4.79 Å². The number of amides is 1. The molecular formula is C7H8N4OS. The number of thiol groups is 1. The van der Waals surface area contributed by atoms with Crippen molar-refractivity contribution in [2.24, 2.45) is 0 Å². The Balaban J connectivity index is 2.23. The molecule has 0 aliphatic carbocycles. The Bertz CT molecular complexity index is 318. The van der Waals surface area contributed by atoms with Crippen LogP contribution in [0.3, 0.4) is 0 Å². The van der Waals surface area contributed by atoms with Crippen molar-refractivity contribution in [1.82, 2.24) is 15.2 Å². The van der Waals surface area contributed by atoms with Crippen LogP contribution in [0.15, 0.2) is 12.4 Å². The van der Waals surface area contributed by atoms with Crippen molar-refractivity contribution in [3.63, 3.8) is 0 Å². The van der Waals surface area contributed by atoms with E-state index in [0.717, 1.165) is 0 Å². The first-order valence-electron chi connectivity index (χ1n) is 3.89. The van der Waals surface area contributed by atoms with Gasteiger partial charge in [-0.25, -0.2) is 4.98 Å². The van der Waals surface area contributed by atoms with Gasteiger partial charge >= 0.3 is 0 Å². The Morgan fingerprint density at radius 1 is 1.54 bits per heavy atom. The van der Waals surface area contributed by atoms with Crippen molar-refractivity contribution in [2.75, 3.05) is 11.4 Å². The lowest BCUT2D eigenvalue weighted by Crippen LogP contribution is -2.26. The maximum absolute atomic E-state index is 11.4. The van der Waals surface area contributed by atoms with E-state index in [0.29, 0.717) is 18.9 Å². The highest BCUT2D eigenvalue weighted by Gasteiger charge is 2.29. The van der Waals surface area contributed by atoms with Gasteiger partial charge in [0.05, 0.1) is 12.4 Å². The molecule has 5 nitrogen and oxygen atoms in total. The number of hydrogen-bond acceptors (Lipinski definition) is 5. The minimum atomic E-state index is 0.00741. The number of anilines is 1. The van der Waals surface area contributed by atoms with Crippen LogP contribution >= 0.6 is 12.6 Å². The van der Waals surface area contributed by atoms with Gasteiger partial charge in [0.1, 0.15) is 0 Å². The summed E-state index contributed by atoms with van der Waals surface area (Å²) in [5.74, 6) is 0.372. The van der Waals surface area contributed by atoms with Crippen LogP contribution in [0.2, 0.25) is 0 Å². The minimum absolute atomic E-state index is 0.00741. The molecule has 13 heavy (non-hydrogen) atoms. The Kier molecular flexibility index (Phi) is 2.13. The zero-order valence-electron chi connectivity index (χ0n) is 6.79. The second-order valence-electron chi connectivity index (χ2n) is 2.81. The van der Waals surface area contributed by atoms with Gasteiger partial charge in [-0.05, 0) is 0 Å². The third kappa shape index (κ3) is 1.62. The van der Waals surface area contributed by atoms with E-state index in [4.69, 9.17) is 0 Å². The molecule has 1 unspecified atom stereocenters. The molecule has 1 aromatic heterocycles. The van der Waals surface area contributed by atoms with Crippen molar-refractivity contribution in [2.45, 2.75) is 11.7 Å². The fraction of sp³-hybridized carbons (Fsp3) is 0.429. The topological polar surface area (TPSA) is 59.0 Å². The molecule has 0 saturated carbocycles. The molecule has 0 bridgehead atoms. The zero-order chi connectivity index (χ0) is 9.26. The molecule has 6 heteroatoms. The highest BCUT2D eigenvalue weighted by molar-refractivity contribution is 7.81. The maximum atomic E-state index is 11.4. The molecule has 0 N–H and O–H groups in total. The average Bonchev–Trinajstić information content (AvgIpc) is 2.47. The van der Waals surface area contributed by atoms with Crippen molar-refractivity contribution >= 4 is 24.5 Å². The van der Waals surface area contributed by atoms with Gasteiger partial charge < -0.3 is 0 Å². The molecule has 1 aromatic rings. The van der Waals surface area contributed by atoms with Crippen molar-refractivity contribution in [3.05, 3.63) is 12.4 Å². The Morgan fingerprint density at radius 3 is 2.92 bits per heavy atom. The Hall–Kier alpha value is -1.17. The largest absolute Gasteiger partial charge is 0.278 e. The van der Waals surface area contributed by atoms with Gasteiger partial charge in [0.2, 0.25) is 5.91 Å². The lowest BCUT2D eigenvalue weighted by Gasteiger charge is -2.11. The van der Waals surface area contributed by atoms with Gasteiger partial charge in [-0.1, -0.05) is 0 Å². The summed E-state index contributed by atoms with van der Waals surface area (Å²) < 4.78 is 0. The van der Waals surface area contributed by atoms with E-state index in [1.54, 1.807) is 0 Å². The van der Waals surface area contributed by atoms with Gasteiger partial charge in [0.15, 0.2) is 0 Å². The molecular weight excluding hydrogens is 188 g/mol. The first kappa shape index (κ1) is 8.43. The highest BCUT2D eigenvalue weighted by atomic mass is 32.1. The Morgan fingerprint density at radius 2 is 2.38 bits per heavy atom. The van der Waals surface area contributed by atoms with Crippen LogP contribution in [-0.4, -0.2) is 32.9 Å². The summed E-state index contributed by atoms with van der Waals surface area (Å²) in [6, 6.07) is 0. The predicted octanol–water partition coefficient (Wildman–Crippen LogP) is -0.0933. The van der Waals surface area contributed by atoms with Crippen LogP contribution in [0.5, 0.6) is 0 Å². The number of carbonyl (C=O) groups is 1. The number of nitrogens with zero attached hydrogens (tertiary/aromatic N) is 4. The lowest BCUT2D eigenvalue weighted by atomic mass is 10.4. The third-order valence-electron chi connectivity index (χ3n) is 1.82. The van der Waals surface area contributed by atoms with Gasteiger partial charge in [-0.2, -0.15) is 17.7 Å². The normalized spacial score (nSPS) is 22.4. The molecule has 2 heterocycles. The van der Waals surface area contributed by atoms with Crippen LogP contribution in [-0.2, 0) is 4.79 Å². The van der Waals surface area contributed by atoms with Crippen LogP contribution in [0.1, 0.15) is 6.42 Å². The third-order valence-corrected chi connectivity index (χ3v) is 2.16. The second-order valence-corrected chi connectivity index (χ2v) is 3.54. The summed E-state index contributed by atoms with van der Waals surface area (Å²) in [4.78, 5) is 16.8. The predicted molar refractivity (Wildman–Crippen MR) is 49.6 cm³/mol. The summed E-state index contributed by atoms with van der Waals surface area (Å²) in [6.07, 6.45) is 3.44. The van der Waals surface area contributed by atoms with Gasteiger partial charge in [-0.3, -0.25) is 9.69 Å². The van der Waals surface area contributed by atoms with Crippen molar-refractivity contribution < 1.29 is 4.79 Å². The number of rotatable bonds is 1. The SMILES string of the molecule is O=C1CC(S)CN1c1nccnn1. The second kappa shape index (κ2) is 3.29. The quantitative estimate of drug-likeness (QED) is 0.637. The summed E-state index contributed by atoms with van der Waals surface area (Å²) in [6.45, 7) is 0.563. The van der Waals surface area contributed by atoms with Crippen molar-refractivity contribution in [3.8, 4) is 0 Å². The molecule has 1 saturated heterocycles. The molecule has 0 radical (unpaired) electrons. The van der Waals surface area contributed by atoms with E-state index in [2.05, 4.69) is 27.8 Å². The molecule has 0 spiro atoms. The molecule has 1 atom stereocenters. The Labute approximate surface area is 80.6 Å². The van der Waals surface area contributed by atoms with Crippen LogP contribution in [0.25, 0.3) is 0 Å². The summed E-state index contributed by atoms with van der Waals surface area (Å²) in [5.41, 5.74) is 0. The summed E-state index contributed by atoms with van der Waals surface area (Å²) >= 11 is 4.22. The zero-order valence-corrected chi connectivity index (χ0v) is 7.69. The fourth-order valence-corrected chi connectivity index (χ4v) is 1.57. The number of hydrogen-bond donors (Lipinski definition) is 1. The molecule has 0 aromatic carbocycles. The van der Waals surface area contributed by atoms with Crippen LogP contribution < -0.4 is 4.90 Å². The molecule has 1 aliphatic heterocycles. The maximum Gasteiger partial charge on any atom is 0.252 e. The molecule has 68 valence electrons. The van der Waals surface area contributed by atoms with Crippen LogP contribution in [0.4, 0.5) is 5.95 Å². The summed E-state index contributed by atoms with van der Waals surface area (Å²) in [7, 11) is 0. The standard InChI is InChI=1S/C7H8N4OS/c12-6-3-5(13)4-11(6)7-8-1-2-9-10-7/h1-2,5,13H,3-4H2. The van der Waals surface area contributed by atoms with Gasteiger partial charge in [-0.15, -0.1) is 5.10 Å². The average molecular weight is 196 g/mol. The van der Waals surface area contributed by atoms with E-state index in [1.807, 2.05) is 0 Å². The first-order valence-corrected chi connectivity index (χ1v) is 4.41. The highest BCUT2D eigenvalue weighted by Crippen LogP contribution is 2.19. The van der Waals surface area contributed by atoms with E-state index in [-0.39, 0.29) is 11.2 Å². The fourth-order valence-electron chi connectivity index (χ4n) is 1.25. The lowest BCUT2D eigenvalue weighted by molar-refractivity contribution is -0.117. The molecule has 2 rings (SSSR count). The molecule has 1 fully saturated rings. The van der Waals surface area contributed by atoms with E-state index < -0.39 is 0 Å².